The van der Waals surface area contributed by atoms with Crippen molar-refractivity contribution in [2.24, 2.45) is 0 Å². The number of fused-ring (bicyclic) bond motifs is 1. The number of halogens is 1. The molecule has 0 aliphatic carbocycles. The van der Waals surface area contributed by atoms with Gasteiger partial charge in [0.05, 0.1) is 22.5 Å². The molecule has 0 aliphatic heterocycles. The standard InChI is InChI=1S/C25H24ClN3OS2/c1-17-8-13-22-24(18(17)2)28-25(32-22)29(16-20-6-3-4-14-27-20)23(30)7-5-15-31-21-11-9-19(26)10-12-21/h3-4,6,8-14H,5,7,15-16H2,1-2H3. The molecular weight excluding hydrogens is 458 g/mol. The van der Waals surface area contributed by atoms with Gasteiger partial charge in [0.2, 0.25) is 5.91 Å². The third-order valence-corrected chi connectivity index (χ3v) is 7.66. The predicted molar refractivity (Wildman–Crippen MR) is 136 cm³/mol. The zero-order chi connectivity index (χ0) is 22.5. The second-order valence-electron chi connectivity index (χ2n) is 7.56. The number of rotatable bonds is 8. The lowest BCUT2D eigenvalue weighted by Crippen LogP contribution is -2.30. The van der Waals surface area contributed by atoms with Crippen LogP contribution in [0.3, 0.4) is 0 Å². The van der Waals surface area contributed by atoms with Crippen LogP contribution in [0.5, 0.6) is 0 Å². The van der Waals surface area contributed by atoms with Gasteiger partial charge < -0.3 is 0 Å². The van der Waals surface area contributed by atoms with Gasteiger partial charge in [-0.05, 0) is 79.6 Å². The molecule has 0 atom stereocenters. The van der Waals surface area contributed by atoms with Crippen molar-refractivity contribution < 1.29 is 4.79 Å². The van der Waals surface area contributed by atoms with Gasteiger partial charge in [-0.3, -0.25) is 14.7 Å². The molecule has 1 amide bonds. The molecule has 0 fully saturated rings. The Morgan fingerprint density at radius 3 is 2.66 bits per heavy atom. The average molecular weight is 482 g/mol. The van der Waals surface area contributed by atoms with Crippen molar-refractivity contribution in [2.45, 2.75) is 38.1 Å². The first-order chi connectivity index (χ1) is 15.5. The van der Waals surface area contributed by atoms with Crippen LogP contribution in [-0.4, -0.2) is 21.6 Å². The quantitative estimate of drug-likeness (QED) is 0.199. The summed E-state index contributed by atoms with van der Waals surface area (Å²) in [4.78, 5) is 25.5. The first kappa shape index (κ1) is 22.8. The summed E-state index contributed by atoms with van der Waals surface area (Å²) in [5.41, 5.74) is 4.19. The molecule has 7 heteroatoms. The number of thioether (sulfide) groups is 1. The Morgan fingerprint density at radius 1 is 1.09 bits per heavy atom. The maximum Gasteiger partial charge on any atom is 0.229 e. The number of amides is 1. The fourth-order valence-electron chi connectivity index (χ4n) is 3.33. The molecule has 4 aromatic rings. The Balaban J connectivity index is 1.49. The van der Waals surface area contributed by atoms with Crippen LogP contribution >= 0.6 is 34.7 Å². The molecule has 2 aromatic carbocycles. The maximum atomic E-state index is 13.3. The van der Waals surface area contributed by atoms with Crippen LogP contribution in [-0.2, 0) is 11.3 Å². The zero-order valence-electron chi connectivity index (χ0n) is 18.0. The molecule has 4 rings (SSSR count). The number of carbonyl (C=O) groups is 1. The molecule has 0 aliphatic rings. The summed E-state index contributed by atoms with van der Waals surface area (Å²) in [5.74, 6) is 0.934. The van der Waals surface area contributed by atoms with Crippen LogP contribution in [0.4, 0.5) is 5.13 Å². The third kappa shape index (κ3) is 5.49. The van der Waals surface area contributed by atoms with E-state index < -0.39 is 0 Å². The van der Waals surface area contributed by atoms with Crippen molar-refractivity contribution in [3.8, 4) is 0 Å². The molecule has 0 unspecified atom stereocenters. The van der Waals surface area contributed by atoms with E-state index in [4.69, 9.17) is 16.6 Å². The Kier molecular flexibility index (Phi) is 7.45. The predicted octanol–water partition coefficient (Wildman–Crippen LogP) is 7.07. The summed E-state index contributed by atoms with van der Waals surface area (Å²) in [6.07, 6.45) is 3.00. The van der Waals surface area contributed by atoms with E-state index in [-0.39, 0.29) is 5.91 Å². The number of hydrogen-bond donors (Lipinski definition) is 0. The van der Waals surface area contributed by atoms with E-state index >= 15 is 0 Å². The van der Waals surface area contributed by atoms with E-state index in [2.05, 4.69) is 31.0 Å². The minimum atomic E-state index is 0.0702. The highest BCUT2D eigenvalue weighted by Gasteiger charge is 2.21. The monoisotopic (exact) mass is 481 g/mol. The van der Waals surface area contributed by atoms with Crippen LogP contribution in [0.25, 0.3) is 10.2 Å². The summed E-state index contributed by atoms with van der Waals surface area (Å²) >= 11 is 9.25. The van der Waals surface area contributed by atoms with Crippen LogP contribution in [0, 0.1) is 13.8 Å². The van der Waals surface area contributed by atoms with Crippen molar-refractivity contribution in [3.63, 3.8) is 0 Å². The topological polar surface area (TPSA) is 46.1 Å². The van der Waals surface area contributed by atoms with Crippen LogP contribution in [0.2, 0.25) is 5.02 Å². The second kappa shape index (κ2) is 10.5. The number of carbonyl (C=O) groups excluding carboxylic acids is 1. The second-order valence-corrected chi connectivity index (χ2v) is 10.2. The van der Waals surface area contributed by atoms with Gasteiger partial charge in [-0.2, -0.15) is 0 Å². The van der Waals surface area contributed by atoms with Crippen molar-refractivity contribution in [3.05, 3.63) is 82.6 Å². The number of aryl methyl sites for hydroxylation is 2. The Morgan fingerprint density at radius 2 is 1.91 bits per heavy atom. The van der Waals surface area contributed by atoms with Crippen LogP contribution in [0.1, 0.15) is 29.7 Å². The lowest BCUT2D eigenvalue weighted by atomic mass is 10.1. The summed E-state index contributed by atoms with van der Waals surface area (Å²) < 4.78 is 1.10. The molecule has 0 N–H and O–H groups in total. The van der Waals surface area contributed by atoms with E-state index in [1.807, 2.05) is 42.5 Å². The molecule has 164 valence electrons. The largest absolute Gasteiger partial charge is 0.282 e. The van der Waals surface area contributed by atoms with Crippen LogP contribution in [0.15, 0.2) is 65.7 Å². The van der Waals surface area contributed by atoms with E-state index in [1.54, 1.807) is 34.2 Å². The van der Waals surface area contributed by atoms with Crippen LogP contribution < -0.4 is 4.90 Å². The first-order valence-electron chi connectivity index (χ1n) is 10.5. The fraction of sp³-hybridized carbons (Fsp3) is 0.240. The molecule has 32 heavy (non-hydrogen) atoms. The van der Waals surface area contributed by atoms with Crippen molar-refractivity contribution in [1.29, 1.82) is 0 Å². The average Bonchev–Trinajstić information content (AvgIpc) is 3.24. The number of benzene rings is 2. The van der Waals surface area contributed by atoms with E-state index in [0.29, 0.717) is 13.0 Å². The summed E-state index contributed by atoms with van der Waals surface area (Å²) in [6.45, 7) is 4.59. The highest BCUT2D eigenvalue weighted by Crippen LogP contribution is 2.33. The molecule has 0 spiro atoms. The molecule has 2 aromatic heterocycles. The highest BCUT2D eigenvalue weighted by molar-refractivity contribution is 7.99. The lowest BCUT2D eigenvalue weighted by Gasteiger charge is -2.19. The molecule has 0 saturated carbocycles. The van der Waals surface area contributed by atoms with Crippen molar-refractivity contribution in [2.75, 3.05) is 10.7 Å². The van der Waals surface area contributed by atoms with Gasteiger partial charge in [0.1, 0.15) is 0 Å². The van der Waals surface area contributed by atoms with E-state index in [0.717, 1.165) is 48.7 Å². The molecule has 2 heterocycles. The Bertz CT molecular complexity index is 1210. The summed E-state index contributed by atoms with van der Waals surface area (Å²) in [5, 5.41) is 1.46. The molecule has 0 saturated heterocycles. The smallest absolute Gasteiger partial charge is 0.229 e. The first-order valence-corrected chi connectivity index (χ1v) is 12.6. The number of thiazole rings is 1. The number of pyridine rings is 1. The van der Waals surface area contributed by atoms with Gasteiger partial charge in [-0.25, -0.2) is 4.98 Å². The third-order valence-electron chi connectivity index (χ3n) is 5.27. The Hall–Kier alpha value is -2.41. The van der Waals surface area contributed by atoms with Gasteiger partial charge in [-0.15, -0.1) is 11.8 Å². The minimum absolute atomic E-state index is 0.0702. The minimum Gasteiger partial charge on any atom is -0.282 e. The van der Waals surface area contributed by atoms with Crippen molar-refractivity contribution in [1.82, 2.24) is 9.97 Å². The summed E-state index contributed by atoms with van der Waals surface area (Å²) in [7, 11) is 0. The maximum absolute atomic E-state index is 13.3. The summed E-state index contributed by atoms with van der Waals surface area (Å²) in [6, 6.07) is 17.8. The zero-order valence-corrected chi connectivity index (χ0v) is 20.4. The van der Waals surface area contributed by atoms with Gasteiger partial charge in [0.25, 0.3) is 0 Å². The number of anilines is 1. The lowest BCUT2D eigenvalue weighted by molar-refractivity contribution is -0.118. The normalized spacial score (nSPS) is 11.1. The van der Waals surface area contributed by atoms with E-state index in [1.165, 1.54) is 5.56 Å². The number of hydrogen-bond acceptors (Lipinski definition) is 5. The fourth-order valence-corrected chi connectivity index (χ4v) is 5.35. The van der Waals surface area contributed by atoms with Gasteiger partial charge >= 0.3 is 0 Å². The van der Waals surface area contributed by atoms with Crippen molar-refractivity contribution >= 4 is 56.0 Å². The molecule has 0 radical (unpaired) electrons. The Labute approximate surface area is 201 Å². The molecule has 0 bridgehead atoms. The SMILES string of the molecule is Cc1ccc2sc(N(Cc3ccccn3)C(=O)CCCSc3ccc(Cl)cc3)nc2c1C. The number of nitrogens with zero attached hydrogens (tertiary/aromatic N) is 3. The van der Waals surface area contributed by atoms with Gasteiger partial charge in [0, 0.05) is 22.5 Å². The van der Waals surface area contributed by atoms with Gasteiger partial charge in [-0.1, -0.05) is 35.1 Å². The molecule has 4 nitrogen and oxygen atoms in total. The number of aromatic nitrogens is 2. The van der Waals surface area contributed by atoms with E-state index in [9.17, 15) is 4.79 Å². The van der Waals surface area contributed by atoms with Gasteiger partial charge in [0.15, 0.2) is 5.13 Å². The highest BCUT2D eigenvalue weighted by atomic mass is 35.5. The molecular formula is C25H24ClN3OS2.